The summed E-state index contributed by atoms with van der Waals surface area (Å²) in [6.07, 6.45) is -1.54. The van der Waals surface area contributed by atoms with E-state index in [-0.39, 0.29) is 11.4 Å². The fourth-order valence-electron chi connectivity index (χ4n) is 2.08. The molecule has 1 N–H and O–H groups in total. The maximum absolute atomic E-state index is 12.6. The number of aromatic nitrogens is 3. The van der Waals surface area contributed by atoms with Gasteiger partial charge in [-0.1, -0.05) is 12.1 Å². The van der Waals surface area contributed by atoms with Crippen LogP contribution in [0.4, 0.5) is 18.9 Å². The van der Waals surface area contributed by atoms with Crippen LogP contribution in [0.1, 0.15) is 21.2 Å². The highest BCUT2D eigenvalue weighted by atomic mass is 32.1. The summed E-state index contributed by atoms with van der Waals surface area (Å²) in [5.74, 6) is -0.411. The van der Waals surface area contributed by atoms with E-state index in [1.165, 1.54) is 17.8 Å². The monoisotopic (exact) mass is 364 g/mol. The molecular formula is C16H11F3N4OS. The molecule has 5 nitrogen and oxygen atoms in total. The van der Waals surface area contributed by atoms with E-state index in [0.717, 1.165) is 0 Å². The lowest BCUT2D eigenvalue weighted by molar-refractivity contribution is -0.137. The summed E-state index contributed by atoms with van der Waals surface area (Å²) in [4.78, 5) is 23.7. The highest BCUT2D eigenvalue weighted by molar-refractivity contribution is 7.10. The summed E-state index contributed by atoms with van der Waals surface area (Å²) in [6.45, 7) is 1.67. The molecule has 2 heterocycles. The molecule has 3 aromatic rings. The van der Waals surface area contributed by atoms with Gasteiger partial charge >= 0.3 is 6.18 Å². The molecule has 0 saturated carbocycles. The van der Waals surface area contributed by atoms with Crippen molar-refractivity contribution in [3.63, 3.8) is 0 Å². The van der Waals surface area contributed by atoms with E-state index in [0.29, 0.717) is 28.3 Å². The zero-order chi connectivity index (χ0) is 18.0. The Morgan fingerprint density at radius 2 is 1.80 bits per heavy atom. The summed E-state index contributed by atoms with van der Waals surface area (Å²) in [6, 6.07) is 6.36. The molecule has 1 amide bonds. The molecule has 2 aromatic heterocycles. The van der Waals surface area contributed by atoms with Gasteiger partial charge in [0.2, 0.25) is 0 Å². The first-order valence-electron chi connectivity index (χ1n) is 7.07. The Morgan fingerprint density at radius 1 is 1.12 bits per heavy atom. The van der Waals surface area contributed by atoms with Gasteiger partial charge in [-0.3, -0.25) is 9.78 Å². The number of thiazole rings is 1. The van der Waals surface area contributed by atoms with Crippen LogP contribution in [0, 0.1) is 6.92 Å². The van der Waals surface area contributed by atoms with E-state index in [1.807, 2.05) is 0 Å². The highest BCUT2D eigenvalue weighted by Gasteiger charge is 2.34. The maximum Gasteiger partial charge on any atom is 0.443 e. The molecule has 0 aliphatic carbocycles. The van der Waals surface area contributed by atoms with Gasteiger partial charge in [0.05, 0.1) is 11.4 Å². The molecule has 0 aliphatic heterocycles. The van der Waals surface area contributed by atoms with Crippen LogP contribution < -0.4 is 5.32 Å². The van der Waals surface area contributed by atoms with Crippen molar-refractivity contribution >= 4 is 22.9 Å². The molecular weight excluding hydrogens is 353 g/mol. The standard InChI is InChI=1S/C16H11F3N4OS/c1-9-13(21-7-6-20-9)14(24)22-11-4-2-10(3-5-11)12-8-25-15(23-12)16(17,18)19/h2-8H,1H3,(H,22,24). The molecule has 0 fully saturated rings. The van der Waals surface area contributed by atoms with Crippen molar-refractivity contribution < 1.29 is 18.0 Å². The van der Waals surface area contributed by atoms with E-state index in [2.05, 4.69) is 20.3 Å². The smallest absolute Gasteiger partial charge is 0.321 e. The summed E-state index contributed by atoms with van der Waals surface area (Å²) in [5, 5.41) is 3.12. The first kappa shape index (κ1) is 17.0. The number of nitrogens with zero attached hydrogens (tertiary/aromatic N) is 3. The van der Waals surface area contributed by atoms with Crippen molar-refractivity contribution in [3.05, 3.63) is 58.4 Å². The second-order valence-corrected chi connectivity index (χ2v) is 5.92. The summed E-state index contributed by atoms with van der Waals surface area (Å²) in [5.41, 5.74) is 1.96. The van der Waals surface area contributed by atoms with E-state index in [9.17, 15) is 18.0 Å². The Hall–Kier alpha value is -2.81. The predicted molar refractivity (Wildman–Crippen MR) is 87.3 cm³/mol. The Bertz CT molecular complexity index is 906. The van der Waals surface area contributed by atoms with Crippen molar-refractivity contribution in [1.82, 2.24) is 15.0 Å². The number of benzene rings is 1. The van der Waals surface area contributed by atoms with E-state index in [4.69, 9.17) is 0 Å². The number of halogens is 3. The van der Waals surface area contributed by atoms with Gasteiger partial charge in [-0.15, -0.1) is 11.3 Å². The van der Waals surface area contributed by atoms with Gasteiger partial charge in [0.1, 0.15) is 5.69 Å². The van der Waals surface area contributed by atoms with Gasteiger partial charge in [-0.2, -0.15) is 13.2 Å². The van der Waals surface area contributed by atoms with Crippen LogP contribution in [-0.4, -0.2) is 20.9 Å². The topological polar surface area (TPSA) is 67.8 Å². The molecule has 0 radical (unpaired) electrons. The van der Waals surface area contributed by atoms with Crippen molar-refractivity contribution in [1.29, 1.82) is 0 Å². The Labute approximate surface area is 144 Å². The Morgan fingerprint density at radius 3 is 2.40 bits per heavy atom. The number of hydrogen-bond donors (Lipinski definition) is 1. The number of anilines is 1. The number of nitrogens with one attached hydrogen (secondary N) is 1. The molecule has 128 valence electrons. The van der Waals surface area contributed by atoms with E-state index in [1.54, 1.807) is 31.2 Å². The van der Waals surface area contributed by atoms with Gasteiger partial charge in [0.15, 0.2) is 5.01 Å². The fraction of sp³-hybridized carbons (Fsp3) is 0.125. The van der Waals surface area contributed by atoms with Crippen LogP contribution in [0.25, 0.3) is 11.3 Å². The van der Waals surface area contributed by atoms with Crippen molar-refractivity contribution in [2.24, 2.45) is 0 Å². The third-order valence-corrected chi connectivity index (χ3v) is 4.17. The Balaban J connectivity index is 1.75. The van der Waals surface area contributed by atoms with Crippen LogP contribution in [0.2, 0.25) is 0 Å². The molecule has 1 aromatic carbocycles. The first-order valence-corrected chi connectivity index (χ1v) is 7.94. The van der Waals surface area contributed by atoms with Gasteiger partial charge in [0.25, 0.3) is 5.91 Å². The third-order valence-electron chi connectivity index (χ3n) is 3.28. The third kappa shape index (κ3) is 3.82. The number of rotatable bonds is 3. The normalized spacial score (nSPS) is 11.4. The van der Waals surface area contributed by atoms with Crippen molar-refractivity contribution in [2.45, 2.75) is 13.1 Å². The number of alkyl halides is 3. The lowest BCUT2D eigenvalue weighted by Gasteiger charge is -2.06. The SMILES string of the molecule is Cc1nccnc1C(=O)Nc1ccc(-c2csc(C(F)(F)F)n2)cc1. The fourth-order valence-corrected chi connectivity index (χ4v) is 2.78. The van der Waals surface area contributed by atoms with Crippen LogP contribution in [-0.2, 0) is 6.18 Å². The molecule has 0 unspecified atom stereocenters. The molecule has 0 aliphatic rings. The lowest BCUT2D eigenvalue weighted by Crippen LogP contribution is -2.15. The van der Waals surface area contributed by atoms with Crippen LogP contribution in [0.5, 0.6) is 0 Å². The minimum atomic E-state index is -4.45. The van der Waals surface area contributed by atoms with Gasteiger partial charge in [-0.25, -0.2) is 9.97 Å². The number of aryl methyl sites for hydroxylation is 1. The number of hydrogen-bond acceptors (Lipinski definition) is 5. The molecule has 25 heavy (non-hydrogen) atoms. The number of carbonyl (C=O) groups excluding carboxylic acids is 1. The van der Waals surface area contributed by atoms with Gasteiger partial charge in [-0.05, 0) is 19.1 Å². The largest absolute Gasteiger partial charge is 0.443 e. The average molecular weight is 364 g/mol. The zero-order valence-corrected chi connectivity index (χ0v) is 13.6. The molecule has 0 atom stereocenters. The van der Waals surface area contributed by atoms with Gasteiger partial charge in [0, 0.05) is 29.0 Å². The summed E-state index contributed by atoms with van der Waals surface area (Å²) < 4.78 is 37.8. The first-order chi connectivity index (χ1) is 11.8. The molecule has 0 bridgehead atoms. The minimum Gasteiger partial charge on any atom is -0.321 e. The highest BCUT2D eigenvalue weighted by Crippen LogP contribution is 2.34. The molecule has 0 saturated heterocycles. The second kappa shape index (κ2) is 6.60. The number of carbonyl (C=O) groups is 1. The quantitative estimate of drug-likeness (QED) is 0.757. The van der Waals surface area contributed by atoms with Crippen molar-refractivity contribution in [3.8, 4) is 11.3 Å². The molecule has 3 rings (SSSR count). The van der Waals surface area contributed by atoms with Crippen LogP contribution >= 0.6 is 11.3 Å². The van der Waals surface area contributed by atoms with Crippen LogP contribution in [0.15, 0.2) is 42.0 Å². The summed E-state index contributed by atoms with van der Waals surface area (Å²) >= 11 is 0.544. The molecule has 0 spiro atoms. The predicted octanol–water partition coefficient (Wildman–Crippen LogP) is 4.18. The minimum absolute atomic E-state index is 0.209. The lowest BCUT2D eigenvalue weighted by atomic mass is 10.1. The van der Waals surface area contributed by atoms with Gasteiger partial charge < -0.3 is 5.32 Å². The molecule has 9 heteroatoms. The summed E-state index contributed by atoms with van der Waals surface area (Å²) in [7, 11) is 0. The van der Waals surface area contributed by atoms with Crippen LogP contribution in [0.3, 0.4) is 0 Å². The number of amides is 1. The average Bonchev–Trinajstić information content (AvgIpc) is 3.06. The van der Waals surface area contributed by atoms with E-state index < -0.39 is 17.1 Å². The second-order valence-electron chi connectivity index (χ2n) is 5.06. The van der Waals surface area contributed by atoms with E-state index >= 15 is 0 Å². The van der Waals surface area contributed by atoms with Crippen molar-refractivity contribution in [2.75, 3.05) is 5.32 Å². The maximum atomic E-state index is 12.6. The zero-order valence-electron chi connectivity index (χ0n) is 12.8. The Kier molecular flexibility index (Phi) is 4.49.